The van der Waals surface area contributed by atoms with Gasteiger partial charge < -0.3 is 19.4 Å². The second kappa shape index (κ2) is 13.8. The molecule has 1 unspecified atom stereocenters. The Bertz CT molecular complexity index is 1370. The van der Waals surface area contributed by atoms with Gasteiger partial charge in [0.25, 0.3) is 5.91 Å². The van der Waals surface area contributed by atoms with Crippen LogP contribution in [0.2, 0.25) is 10.2 Å². The van der Waals surface area contributed by atoms with E-state index in [0.717, 1.165) is 61.1 Å². The summed E-state index contributed by atoms with van der Waals surface area (Å²) in [5.41, 5.74) is 2.71. The number of rotatable bonds is 8. The largest absolute Gasteiger partial charge is 0.466 e. The number of carbonyl (C=O) groups excluding carboxylic acids is 2. The quantitative estimate of drug-likeness (QED) is 0.136. The highest BCUT2D eigenvalue weighted by atomic mass is 35.5. The van der Waals surface area contributed by atoms with Crippen molar-refractivity contribution in [1.82, 2.24) is 14.9 Å². The molecule has 3 aromatic rings. The minimum absolute atomic E-state index is 0.0596. The van der Waals surface area contributed by atoms with Gasteiger partial charge in [-0.3, -0.25) is 9.59 Å². The number of benzene rings is 2. The maximum absolute atomic E-state index is 13.1. The van der Waals surface area contributed by atoms with E-state index in [2.05, 4.69) is 14.8 Å². The molecule has 2 aromatic carbocycles. The molecule has 0 N–H and O–H groups in total. The van der Waals surface area contributed by atoms with Crippen molar-refractivity contribution in [2.45, 2.75) is 30.7 Å². The van der Waals surface area contributed by atoms with Crippen LogP contribution in [0.25, 0.3) is 0 Å². The molecule has 1 aromatic heterocycles. The zero-order valence-corrected chi connectivity index (χ0v) is 25.3. The fourth-order valence-corrected chi connectivity index (χ4v) is 6.48. The summed E-state index contributed by atoms with van der Waals surface area (Å²) in [6, 6.07) is 17.3. The van der Waals surface area contributed by atoms with Crippen molar-refractivity contribution in [3.8, 4) is 0 Å². The Hall–Kier alpha value is -3.01. The third kappa shape index (κ3) is 7.45. The van der Waals surface area contributed by atoms with Crippen LogP contribution in [-0.2, 0) is 15.3 Å². The SMILES string of the molecule is CCOC(=O)C1CCCN(C(=O)c2ccc(CSc3nc(Cl)cc(N4CCN(c5ccccc5Cl)CC4)n3)cc2)C1. The monoisotopic (exact) mass is 613 g/mol. The summed E-state index contributed by atoms with van der Waals surface area (Å²) in [5.74, 6) is 0.925. The molecule has 41 heavy (non-hydrogen) atoms. The van der Waals surface area contributed by atoms with Gasteiger partial charge >= 0.3 is 5.97 Å². The molecule has 0 spiro atoms. The van der Waals surface area contributed by atoms with E-state index in [1.165, 1.54) is 11.8 Å². The summed E-state index contributed by atoms with van der Waals surface area (Å²) < 4.78 is 5.16. The van der Waals surface area contributed by atoms with Gasteiger partial charge in [0, 0.05) is 56.7 Å². The number of piperidine rings is 1. The summed E-state index contributed by atoms with van der Waals surface area (Å²) in [4.78, 5) is 40.7. The molecule has 11 heteroatoms. The number of esters is 1. The molecule has 0 bridgehead atoms. The molecule has 0 saturated carbocycles. The van der Waals surface area contributed by atoms with E-state index in [-0.39, 0.29) is 17.8 Å². The number of likely N-dealkylation sites (tertiary alicyclic amines) is 1. The molecule has 5 rings (SSSR count). The summed E-state index contributed by atoms with van der Waals surface area (Å²) in [7, 11) is 0. The average molecular weight is 615 g/mol. The number of anilines is 2. The van der Waals surface area contributed by atoms with Crippen molar-refractivity contribution in [3.63, 3.8) is 0 Å². The highest BCUT2D eigenvalue weighted by molar-refractivity contribution is 7.98. The first-order valence-electron chi connectivity index (χ1n) is 13.9. The minimum atomic E-state index is -0.253. The second-order valence-corrected chi connectivity index (χ2v) is 11.8. The summed E-state index contributed by atoms with van der Waals surface area (Å²) in [6.07, 6.45) is 1.55. The molecule has 0 aliphatic carbocycles. The number of para-hydroxylation sites is 1. The summed E-state index contributed by atoms with van der Waals surface area (Å²) >= 11 is 14.3. The molecule has 216 valence electrons. The maximum Gasteiger partial charge on any atom is 0.310 e. The maximum atomic E-state index is 13.1. The molecule has 2 aliphatic heterocycles. The zero-order valence-electron chi connectivity index (χ0n) is 23.0. The van der Waals surface area contributed by atoms with Gasteiger partial charge in [0.2, 0.25) is 0 Å². The Kier molecular flexibility index (Phi) is 9.90. The van der Waals surface area contributed by atoms with Gasteiger partial charge in [-0.1, -0.05) is 59.2 Å². The fourth-order valence-electron chi connectivity index (χ4n) is 5.18. The van der Waals surface area contributed by atoms with Crippen LogP contribution < -0.4 is 9.80 Å². The predicted octanol–water partition coefficient (Wildman–Crippen LogP) is 5.82. The van der Waals surface area contributed by atoms with Gasteiger partial charge in [-0.2, -0.15) is 0 Å². The number of carbonyl (C=O) groups is 2. The van der Waals surface area contributed by atoms with Gasteiger partial charge in [0.05, 0.1) is 23.2 Å². The first kappa shape index (κ1) is 29.5. The lowest BCUT2D eigenvalue weighted by molar-refractivity contribution is -0.149. The first-order chi connectivity index (χ1) is 19.9. The standard InChI is InChI=1S/C30H33Cl2N5O3S/c1-2-40-29(39)23-6-5-13-37(19-23)28(38)22-11-9-21(10-12-22)20-41-30-33-26(32)18-27(34-30)36-16-14-35(15-17-36)25-8-4-3-7-24(25)31/h3-4,7-12,18,23H,2,5-6,13-17,19-20H2,1H3. The summed E-state index contributed by atoms with van der Waals surface area (Å²) in [5, 5.41) is 1.78. The smallest absolute Gasteiger partial charge is 0.310 e. The fraction of sp³-hybridized carbons (Fsp3) is 0.400. The highest BCUT2D eigenvalue weighted by Crippen LogP contribution is 2.29. The average Bonchev–Trinajstić information content (AvgIpc) is 3.00. The van der Waals surface area contributed by atoms with Crippen molar-refractivity contribution in [2.75, 3.05) is 55.7 Å². The molecule has 1 atom stereocenters. The van der Waals surface area contributed by atoms with E-state index in [1.807, 2.05) is 54.6 Å². The van der Waals surface area contributed by atoms with Crippen LogP contribution in [0, 0.1) is 5.92 Å². The number of amides is 1. The van der Waals surface area contributed by atoms with E-state index in [1.54, 1.807) is 11.8 Å². The van der Waals surface area contributed by atoms with Crippen molar-refractivity contribution < 1.29 is 14.3 Å². The van der Waals surface area contributed by atoms with Crippen molar-refractivity contribution >= 4 is 58.3 Å². The number of halogens is 2. The van der Waals surface area contributed by atoms with Gasteiger partial charge in [-0.25, -0.2) is 9.97 Å². The molecule has 8 nitrogen and oxygen atoms in total. The van der Waals surface area contributed by atoms with E-state index in [9.17, 15) is 9.59 Å². The molecule has 1 amide bonds. The number of piperazine rings is 1. The Morgan fingerprint density at radius 3 is 2.44 bits per heavy atom. The van der Waals surface area contributed by atoms with E-state index in [0.29, 0.717) is 41.3 Å². The van der Waals surface area contributed by atoms with Crippen LogP contribution in [0.5, 0.6) is 0 Å². The lowest BCUT2D eigenvalue weighted by Crippen LogP contribution is -2.47. The Morgan fingerprint density at radius 1 is 0.976 bits per heavy atom. The van der Waals surface area contributed by atoms with E-state index >= 15 is 0 Å². The highest BCUT2D eigenvalue weighted by Gasteiger charge is 2.30. The Balaban J connectivity index is 1.16. The Morgan fingerprint density at radius 2 is 1.71 bits per heavy atom. The topological polar surface area (TPSA) is 78.9 Å². The lowest BCUT2D eigenvalue weighted by Gasteiger charge is -2.37. The van der Waals surface area contributed by atoms with Crippen LogP contribution in [0.4, 0.5) is 11.5 Å². The number of hydrogen-bond donors (Lipinski definition) is 0. The zero-order chi connectivity index (χ0) is 28.8. The molecule has 2 saturated heterocycles. The number of aromatic nitrogens is 2. The molecular weight excluding hydrogens is 581 g/mol. The number of hydrogen-bond acceptors (Lipinski definition) is 8. The minimum Gasteiger partial charge on any atom is -0.466 e. The molecule has 2 fully saturated rings. The third-order valence-corrected chi connectivity index (χ3v) is 8.79. The van der Waals surface area contributed by atoms with Crippen LogP contribution in [0.15, 0.2) is 59.8 Å². The van der Waals surface area contributed by atoms with Gasteiger partial charge in [-0.15, -0.1) is 0 Å². The second-order valence-electron chi connectivity index (χ2n) is 10.1. The van der Waals surface area contributed by atoms with Crippen LogP contribution in [-0.4, -0.2) is 72.6 Å². The molecular formula is C30H33Cl2N5O3S. The number of ether oxygens (including phenoxy) is 1. The van der Waals surface area contributed by atoms with Crippen molar-refractivity contribution in [1.29, 1.82) is 0 Å². The molecule has 3 heterocycles. The molecule has 2 aliphatic rings. The van der Waals surface area contributed by atoms with Crippen LogP contribution >= 0.6 is 35.0 Å². The Labute approximate surface area is 255 Å². The van der Waals surface area contributed by atoms with E-state index in [4.69, 9.17) is 32.9 Å². The first-order valence-corrected chi connectivity index (χ1v) is 15.6. The lowest BCUT2D eigenvalue weighted by atomic mass is 9.97. The van der Waals surface area contributed by atoms with E-state index < -0.39 is 0 Å². The summed E-state index contributed by atoms with van der Waals surface area (Å²) in [6.45, 7) is 6.47. The number of nitrogens with zero attached hydrogens (tertiary/aromatic N) is 5. The third-order valence-electron chi connectivity index (χ3n) is 7.36. The predicted molar refractivity (Wildman–Crippen MR) is 164 cm³/mol. The van der Waals surface area contributed by atoms with Crippen molar-refractivity contribution in [3.05, 3.63) is 75.9 Å². The number of thioether (sulfide) groups is 1. The van der Waals surface area contributed by atoms with Crippen LogP contribution in [0.1, 0.15) is 35.7 Å². The van der Waals surface area contributed by atoms with Gasteiger partial charge in [-0.05, 0) is 49.6 Å². The van der Waals surface area contributed by atoms with Crippen LogP contribution in [0.3, 0.4) is 0 Å². The van der Waals surface area contributed by atoms with Gasteiger partial charge in [0.15, 0.2) is 5.16 Å². The van der Waals surface area contributed by atoms with Gasteiger partial charge in [0.1, 0.15) is 11.0 Å². The normalized spacial score (nSPS) is 17.4. The van der Waals surface area contributed by atoms with Crippen molar-refractivity contribution in [2.24, 2.45) is 5.92 Å². The molecule has 0 radical (unpaired) electrons.